The summed E-state index contributed by atoms with van der Waals surface area (Å²) in [5.41, 5.74) is 2.50. The minimum absolute atomic E-state index is 0.0791. The van der Waals surface area contributed by atoms with Crippen molar-refractivity contribution in [1.82, 2.24) is 9.88 Å². The summed E-state index contributed by atoms with van der Waals surface area (Å²) in [6.45, 7) is 2.07. The number of pyridine rings is 1. The summed E-state index contributed by atoms with van der Waals surface area (Å²) >= 11 is 5.98. The quantitative estimate of drug-likeness (QED) is 0.725. The summed E-state index contributed by atoms with van der Waals surface area (Å²) in [7, 11) is 3.16. The molecule has 1 aromatic heterocycles. The molecular formula is C19H21ClN2O4. The van der Waals surface area contributed by atoms with Gasteiger partial charge in [-0.2, -0.15) is 0 Å². The molecule has 138 valence electrons. The van der Waals surface area contributed by atoms with Gasteiger partial charge in [-0.25, -0.2) is 4.98 Å². The third-order valence-corrected chi connectivity index (χ3v) is 4.48. The van der Waals surface area contributed by atoms with Gasteiger partial charge in [0.25, 0.3) is 5.91 Å². The summed E-state index contributed by atoms with van der Waals surface area (Å²) in [6.07, 6.45) is 0.679. The van der Waals surface area contributed by atoms with E-state index < -0.39 is 0 Å². The van der Waals surface area contributed by atoms with Crippen LogP contribution in [0.3, 0.4) is 0 Å². The van der Waals surface area contributed by atoms with Gasteiger partial charge in [-0.3, -0.25) is 4.79 Å². The normalized spacial score (nSPS) is 13.3. The largest absolute Gasteiger partial charge is 0.496 e. The van der Waals surface area contributed by atoms with Gasteiger partial charge in [0, 0.05) is 37.7 Å². The molecule has 1 aliphatic rings. The van der Waals surface area contributed by atoms with E-state index in [1.807, 2.05) is 12.1 Å². The first kappa shape index (κ1) is 18.5. The van der Waals surface area contributed by atoms with Gasteiger partial charge < -0.3 is 19.1 Å². The van der Waals surface area contributed by atoms with Crippen LogP contribution in [0.5, 0.6) is 11.6 Å². The third kappa shape index (κ3) is 4.08. The molecule has 0 fully saturated rings. The van der Waals surface area contributed by atoms with Crippen LogP contribution in [0.15, 0.2) is 30.3 Å². The molecule has 2 aromatic rings. The van der Waals surface area contributed by atoms with E-state index >= 15 is 0 Å². The number of amides is 1. The standard InChI is InChI=1S/C19H21ClN2O4/c1-24-9-10-26-18-6-3-13-12-22(8-7-16(13)21-18)19(23)15-5-4-14(20)11-17(15)25-2/h3-6,11H,7-10,12H2,1-2H3. The molecule has 1 aliphatic heterocycles. The Labute approximate surface area is 157 Å². The molecular weight excluding hydrogens is 356 g/mol. The van der Waals surface area contributed by atoms with E-state index in [1.165, 1.54) is 7.11 Å². The van der Waals surface area contributed by atoms with Gasteiger partial charge >= 0.3 is 0 Å². The number of hydrogen-bond acceptors (Lipinski definition) is 5. The maximum atomic E-state index is 12.9. The van der Waals surface area contributed by atoms with Crippen molar-refractivity contribution in [3.8, 4) is 11.6 Å². The number of fused-ring (bicyclic) bond motifs is 1. The van der Waals surface area contributed by atoms with Crippen molar-refractivity contribution in [1.29, 1.82) is 0 Å². The number of ether oxygens (including phenoxy) is 3. The average molecular weight is 377 g/mol. The highest BCUT2D eigenvalue weighted by molar-refractivity contribution is 6.30. The van der Waals surface area contributed by atoms with Crippen LogP contribution in [-0.2, 0) is 17.7 Å². The number of carbonyl (C=O) groups is 1. The van der Waals surface area contributed by atoms with E-state index in [0.29, 0.717) is 54.9 Å². The van der Waals surface area contributed by atoms with Crippen LogP contribution in [0.25, 0.3) is 0 Å². The molecule has 7 heteroatoms. The molecule has 0 saturated heterocycles. The summed E-state index contributed by atoms with van der Waals surface area (Å²) < 4.78 is 15.8. The van der Waals surface area contributed by atoms with Crippen molar-refractivity contribution in [2.45, 2.75) is 13.0 Å². The van der Waals surface area contributed by atoms with Crippen LogP contribution in [0, 0.1) is 0 Å². The van der Waals surface area contributed by atoms with E-state index in [-0.39, 0.29) is 5.91 Å². The van der Waals surface area contributed by atoms with Gasteiger partial charge in [0.2, 0.25) is 5.88 Å². The average Bonchev–Trinajstić information content (AvgIpc) is 2.67. The van der Waals surface area contributed by atoms with Crippen molar-refractivity contribution in [3.05, 3.63) is 52.2 Å². The Morgan fingerprint density at radius 2 is 2.08 bits per heavy atom. The minimum Gasteiger partial charge on any atom is -0.496 e. The van der Waals surface area contributed by atoms with Gasteiger partial charge in [0.15, 0.2) is 0 Å². The molecule has 3 rings (SSSR count). The lowest BCUT2D eigenvalue weighted by atomic mass is 10.0. The molecule has 0 spiro atoms. The van der Waals surface area contributed by atoms with Crippen molar-refractivity contribution >= 4 is 17.5 Å². The lowest BCUT2D eigenvalue weighted by Gasteiger charge is -2.29. The van der Waals surface area contributed by atoms with E-state index in [9.17, 15) is 4.79 Å². The molecule has 1 amide bonds. The molecule has 0 bridgehead atoms. The smallest absolute Gasteiger partial charge is 0.257 e. The van der Waals surface area contributed by atoms with Crippen molar-refractivity contribution in [2.75, 3.05) is 34.0 Å². The molecule has 0 saturated carbocycles. The first-order valence-corrected chi connectivity index (χ1v) is 8.73. The number of halogens is 1. The van der Waals surface area contributed by atoms with Gasteiger partial charge in [-0.05, 0) is 23.8 Å². The predicted octanol–water partition coefficient (Wildman–Crippen LogP) is 2.97. The topological polar surface area (TPSA) is 60.9 Å². The van der Waals surface area contributed by atoms with Crippen LogP contribution in [0.2, 0.25) is 5.02 Å². The SMILES string of the molecule is COCCOc1ccc2c(n1)CCN(C(=O)c1ccc(Cl)cc1OC)C2. The number of methoxy groups -OCH3 is 2. The first-order valence-electron chi connectivity index (χ1n) is 8.35. The van der Waals surface area contributed by atoms with E-state index in [4.69, 9.17) is 25.8 Å². The van der Waals surface area contributed by atoms with Crippen LogP contribution in [0.1, 0.15) is 21.6 Å². The number of hydrogen-bond donors (Lipinski definition) is 0. The maximum Gasteiger partial charge on any atom is 0.257 e. The van der Waals surface area contributed by atoms with E-state index in [0.717, 1.165) is 11.3 Å². The van der Waals surface area contributed by atoms with E-state index in [1.54, 1.807) is 30.2 Å². The van der Waals surface area contributed by atoms with Crippen molar-refractivity contribution < 1.29 is 19.0 Å². The van der Waals surface area contributed by atoms with Gasteiger partial charge in [-0.15, -0.1) is 0 Å². The number of rotatable bonds is 6. The summed E-state index contributed by atoms with van der Waals surface area (Å²) in [6, 6.07) is 8.83. The zero-order chi connectivity index (χ0) is 18.5. The Hall–Kier alpha value is -2.31. The highest BCUT2D eigenvalue weighted by Crippen LogP contribution is 2.27. The van der Waals surface area contributed by atoms with Crippen LogP contribution >= 0.6 is 11.6 Å². The Balaban J connectivity index is 1.73. The minimum atomic E-state index is -0.0791. The maximum absolute atomic E-state index is 12.9. The van der Waals surface area contributed by atoms with Crippen molar-refractivity contribution in [2.24, 2.45) is 0 Å². The van der Waals surface area contributed by atoms with Crippen LogP contribution < -0.4 is 9.47 Å². The molecule has 0 unspecified atom stereocenters. The second kappa shape index (κ2) is 8.38. The molecule has 0 aliphatic carbocycles. The summed E-state index contributed by atoms with van der Waals surface area (Å²) in [5.74, 6) is 0.984. The third-order valence-electron chi connectivity index (χ3n) is 4.24. The zero-order valence-electron chi connectivity index (χ0n) is 14.8. The molecule has 1 aromatic carbocycles. The highest BCUT2D eigenvalue weighted by Gasteiger charge is 2.25. The van der Waals surface area contributed by atoms with Crippen molar-refractivity contribution in [3.63, 3.8) is 0 Å². The molecule has 26 heavy (non-hydrogen) atoms. The zero-order valence-corrected chi connectivity index (χ0v) is 15.6. The fourth-order valence-corrected chi connectivity index (χ4v) is 3.05. The Morgan fingerprint density at radius 3 is 2.85 bits per heavy atom. The van der Waals surface area contributed by atoms with E-state index in [2.05, 4.69) is 4.98 Å². The first-order chi connectivity index (χ1) is 12.6. The number of carbonyl (C=O) groups excluding carboxylic acids is 1. The summed E-state index contributed by atoms with van der Waals surface area (Å²) in [4.78, 5) is 19.2. The molecule has 0 N–H and O–H groups in total. The van der Waals surface area contributed by atoms with Gasteiger partial charge in [0.05, 0.1) is 25.0 Å². The lowest BCUT2D eigenvalue weighted by molar-refractivity contribution is 0.0729. The monoisotopic (exact) mass is 376 g/mol. The molecule has 6 nitrogen and oxygen atoms in total. The Kier molecular flexibility index (Phi) is 5.96. The predicted molar refractivity (Wildman–Crippen MR) is 98.1 cm³/mol. The second-order valence-corrected chi connectivity index (χ2v) is 6.35. The molecule has 0 atom stereocenters. The summed E-state index contributed by atoms with van der Waals surface area (Å²) in [5, 5.41) is 0.535. The Morgan fingerprint density at radius 1 is 1.23 bits per heavy atom. The fraction of sp³-hybridized carbons (Fsp3) is 0.368. The highest BCUT2D eigenvalue weighted by atomic mass is 35.5. The van der Waals surface area contributed by atoms with Gasteiger partial charge in [0.1, 0.15) is 12.4 Å². The fourth-order valence-electron chi connectivity index (χ4n) is 2.89. The van der Waals surface area contributed by atoms with Crippen LogP contribution in [0.4, 0.5) is 0 Å². The number of nitrogens with zero attached hydrogens (tertiary/aromatic N) is 2. The van der Waals surface area contributed by atoms with Crippen LogP contribution in [-0.4, -0.2) is 49.8 Å². The molecule has 0 radical (unpaired) electrons. The number of benzene rings is 1. The lowest BCUT2D eigenvalue weighted by Crippen LogP contribution is -2.36. The molecule has 2 heterocycles. The Bertz CT molecular complexity index is 797. The van der Waals surface area contributed by atoms with Gasteiger partial charge in [-0.1, -0.05) is 17.7 Å². The second-order valence-electron chi connectivity index (χ2n) is 5.92. The number of aromatic nitrogens is 1.